The fourth-order valence-corrected chi connectivity index (χ4v) is 2.53. The second-order valence-electron chi connectivity index (χ2n) is 5.40. The van der Waals surface area contributed by atoms with Crippen LogP contribution in [0.4, 0.5) is 5.69 Å². The highest BCUT2D eigenvalue weighted by molar-refractivity contribution is 5.91. The number of carbonyl (C=O) groups excluding carboxylic acids is 1. The first kappa shape index (κ1) is 18.7. The van der Waals surface area contributed by atoms with Gasteiger partial charge in [-0.3, -0.25) is 4.79 Å². The third kappa shape index (κ3) is 5.83. The fraction of sp³-hybridized carbons (Fsp3) is 0.562. The van der Waals surface area contributed by atoms with Crippen molar-refractivity contribution in [1.29, 1.82) is 0 Å². The first-order valence-electron chi connectivity index (χ1n) is 7.50. The quantitative estimate of drug-likeness (QED) is 0.807. The van der Waals surface area contributed by atoms with E-state index in [0.717, 1.165) is 24.3 Å². The van der Waals surface area contributed by atoms with E-state index in [1.54, 1.807) is 7.11 Å². The van der Waals surface area contributed by atoms with Crippen LogP contribution in [0.25, 0.3) is 0 Å². The van der Waals surface area contributed by atoms with E-state index >= 15 is 0 Å². The van der Waals surface area contributed by atoms with Gasteiger partial charge in [-0.15, -0.1) is 12.4 Å². The number of carbonyl (C=O) groups is 1. The molecule has 2 rings (SSSR count). The number of hydrogen-bond donors (Lipinski definition) is 2. The van der Waals surface area contributed by atoms with Crippen molar-refractivity contribution < 1.29 is 14.3 Å². The largest absolute Gasteiger partial charge is 0.490 e. The molecule has 0 spiro atoms. The van der Waals surface area contributed by atoms with Crippen LogP contribution in [-0.4, -0.2) is 31.8 Å². The number of anilines is 1. The van der Waals surface area contributed by atoms with Crippen molar-refractivity contribution >= 4 is 24.0 Å². The first-order chi connectivity index (χ1) is 10.2. The lowest BCUT2D eigenvalue weighted by atomic mass is 10.2. The summed E-state index contributed by atoms with van der Waals surface area (Å²) in [6.07, 6.45) is 5.01. The molecule has 5 nitrogen and oxygen atoms in total. The maximum atomic E-state index is 11.9. The van der Waals surface area contributed by atoms with Crippen LogP contribution in [0.15, 0.2) is 24.3 Å². The summed E-state index contributed by atoms with van der Waals surface area (Å²) < 4.78 is 11.0. The minimum atomic E-state index is -0.247. The Morgan fingerprint density at radius 1 is 1.41 bits per heavy atom. The van der Waals surface area contributed by atoms with Gasteiger partial charge in [-0.25, -0.2) is 0 Å². The van der Waals surface area contributed by atoms with E-state index in [2.05, 4.69) is 5.32 Å². The van der Waals surface area contributed by atoms with Gasteiger partial charge in [0.05, 0.1) is 18.6 Å². The second-order valence-corrected chi connectivity index (χ2v) is 5.40. The van der Waals surface area contributed by atoms with Gasteiger partial charge in [0.2, 0.25) is 5.91 Å². The Balaban J connectivity index is 0.00000242. The summed E-state index contributed by atoms with van der Waals surface area (Å²) in [5.74, 6) is 0.701. The highest BCUT2D eigenvalue weighted by atomic mass is 35.5. The molecule has 0 aromatic heterocycles. The van der Waals surface area contributed by atoms with E-state index in [0.29, 0.717) is 12.6 Å². The molecule has 1 unspecified atom stereocenters. The Bertz CT molecular complexity index is 460. The molecule has 1 aliphatic rings. The van der Waals surface area contributed by atoms with Crippen LogP contribution in [0.5, 0.6) is 5.75 Å². The van der Waals surface area contributed by atoms with E-state index in [9.17, 15) is 4.79 Å². The standard InChI is InChI=1S/C16H24N2O3.ClH/c1-20-15(11-17)10-16(19)18-12-5-4-8-14(9-12)21-13-6-2-3-7-13;/h4-5,8-9,13,15H,2-3,6-7,10-11,17H2,1H3,(H,18,19);1H. The maximum absolute atomic E-state index is 11.9. The van der Waals surface area contributed by atoms with Gasteiger partial charge in [-0.2, -0.15) is 0 Å². The molecule has 0 aliphatic heterocycles. The molecule has 0 saturated heterocycles. The molecule has 124 valence electrons. The summed E-state index contributed by atoms with van der Waals surface area (Å²) in [7, 11) is 1.56. The van der Waals surface area contributed by atoms with Gasteiger partial charge in [-0.1, -0.05) is 6.07 Å². The monoisotopic (exact) mass is 328 g/mol. The van der Waals surface area contributed by atoms with E-state index in [4.69, 9.17) is 15.2 Å². The number of amides is 1. The second kappa shape index (κ2) is 9.66. The lowest BCUT2D eigenvalue weighted by Gasteiger charge is -2.15. The fourth-order valence-electron chi connectivity index (χ4n) is 2.53. The zero-order valence-corrected chi connectivity index (χ0v) is 13.7. The summed E-state index contributed by atoms with van der Waals surface area (Å²) in [6, 6.07) is 7.52. The molecule has 1 aromatic carbocycles. The number of nitrogens with two attached hydrogens (primary N) is 1. The summed E-state index contributed by atoms with van der Waals surface area (Å²) >= 11 is 0. The zero-order chi connectivity index (χ0) is 15.1. The summed E-state index contributed by atoms with van der Waals surface area (Å²) in [5.41, 5.74) is 6.25. The summed E-state index contributed by atoms with van der Waals surface area (Å²) in [4.78, 5) is 11.9. The molecule has 1 aliphatic carbocycles. The Labute approximate surface area is 138 Å². The van der Waals surface area contributed by atoms with Gasteiger partial charge in [0.15, 0.2) is 0 Å². The third-order valence-corrected chi connectivity index (χ3v) is 3.73. The molecule has 22 heavy (non-hydrogen) atoms. The molecular formula is C16H25ClN2O3. The molecule has 0 radical (unpaired) electrons. The number of hydrogen-bond acceptors (Lipinski definition) is 4. The zero-order valence-electron chi connectivity index (χ0n) is 12.9. The molecule has 1 fully saturated rings. The predicted octanol–water partition coefficient (Wildman–Crippen LogP) is 2.73. The molecule has 0 bridgehead atoms. The van der Waals surface area contributed by atoms with Gasteiger partial charge >= 0.3 is 0 Å². The van der Waals surface area contributed by atoms with E-state index in [1.807, 2.05) is 24.3 Å². The van der Waals surface area contributed by atoms with Crippen LogP contribution < -0.4 is 15.8 Å². The van der Waals surface area contributed by atoms with Gasteiger partial charge in [0.25, 0.3) is 0 Å². The van der Waals surface area contributed by atoms with Crippen LogP contribution >= 0.6 is 12.4 Å². The highest BCUT2D eigenvalue weighted by Crippen LogP contribution is 2.25. The number of nitrogens with one attached hydrogen (secondary N) is 1. The number of halogens is 1. The van der Waals surface area contributed by atoms with Crippen molar-refractivity contribution in [1.82, 2.24) is 0 Å². The van der Waals surface area contributed by atoms with Crippen molar-refractivity contribution in [3.63, 3.8) is 0 Å². The average molecular weight is 329 g/mol. The van der Waals surface area contributed by atoms with E-state index in [1.165, 1.54) is 12.8 Å². The van der Waals surface area contributed by atoms with Gasteiger partial charge in [-0.05, 0) is 37.8 Å². The Kier molecular flexibility index (Phi) is 8.24. The SMILES string of the molecule is COC(CN)CC(=O)Nc1cccc(OC2CCCC2)c1.Cl. The van der Waals surface area contributed by atoms with Gasteiger partial charge < -0.3 is 20.5 Å². The molecule has 1 saturated carbocycles. The van der Waals surface area contributed by atoms with Crippen LogP contribution in [0.2, 0.25) is 0 Å². The average Bonchev–Trinajstić information content (AvgIpc) is 2.98. The minimum Gasteiger partial charge on any atom is -0.490 e. The molecular weight excluding hydrogens is 304 g/mol. The van der Waals surface area contributed by atoms with Crippen LogP contribution in [0.3, 0.4) is 0 Å². The topological polar surface area (TPSA) is 73.6 Å². The molecule has 3 N–H and O–H groups in total. The van der Waals surface area contributed by atoms with Gasteiger partial charge in [0.1, 0.15) is 5.75 Å². The Morgan fingerprint density at radius 2 is 2.14 bits per heavy atom. The summed E-state index contributed by atoms with van der Waals surface area (Å²) in [5, 5.41) is 2.85. The van der Waals surface area contributed by atoms with Crippen molar-refractivity contribution in [3.05, 3.63) is 24.3 Å². The van der Waals surface area contributed by atoms with Crippen LogP contribution in [-0.2, 0) is 9.53 Å². The summed E-state index contributed by atoms with van der Waals surface area (Å²) in [6.45, 7) is 0.328. The van der Waals surface area contributed by atoms with Crippen molar-refractivity contribution in [2.45, 2.75) is 44.3 Å². The van der Waals surface area contributed by atoms with E-state index < -0.39 is 0 Å². The number of methoxy groups -OCH3 is 1. The van der Waals surface area contributed by atoms with Crippen molar-refractivity contribution in [3.8, 4) is 5.75 Å². The Morgan fingerprint density at radius 3 is 2.77 bits per heavy atom. The smallest absolute Gasteiger partial charge is 0.227 e. The van der Waals surface area contributed by atoms with E-state index in [-0.39, 0.29) is 30.8 Å². The maximum Gasteiger partial charge on any atom is 0.227 e. The molecule has 1 aromatic rings. The number of ether oxygens (including phenoxy) is 2. The predicted molar refractivity (Wildman–Crippen MR) is 89.7 cm³/mol. The molecule has 1 atom stereocenters. The Hall–Kier alpha value is -1.30. The highest BCUT2D eigenvalue weighted by Gasteiger charge is 2.17. The van der Waals surface area contributed by atoms with Crippen molar-refractivity contribution in [2.24, 2.45) is 5.73 Å². The lowest BCUT2D eigenvalue weighted by molar-refractivity contribution is -0.118. The van der Waals surface area contributed by atoms with Crippen LogP contribution in [0.1, 0.15) is 32.1 Å². The molecule has 6 heteroatoms. The van der Waals surface area contributed by atoms with Crippen molar-refractivity contribution in [2.75, 3.05) is 19.0 Å². The number of rotatable bonds is 7. The molecule has 0 heterocycles. The third-order valence-electron chi connectivity index (χ3n) is 3.73. The van der Waals surface area contributed by atoms with Crippen LogP contribution in [0, 0.1) is 0 Å². The normalized spacial score (nSPS) is 15.9. The number of benzene rings is 1. The van der Waals surface area contributed by atoms with Gasteiger partial charge in [0, 0.05) is 25.4 Å². The molecule has 1 amide bonds. The minimum absolute atomic E-state index is 0. The first-order valence-corrected chi connectivity index (χ1v) is 7.50. The lowest BCUT2D eigenvalue weighted by Crippen LogP contribution is -2.28.